The fourth-order valence-corrected chi connectivity index (χ4v) is 3.15. The van der Waals surface area contributed by atoms with Crippen LogP contribution >= 0.6 is 0 Å². The second-order valence-corrected chi connectivity index (χ2v) is 6.91. The van der Waals surface area contributed by atoms with Crippen LogP contribution in [0.3, 0.4) is 0 Å². The quantitative estimate of drug-likeness (QED) is 0.844. The van der Waals surface area contributed by atoms with Crippen molar-refractivity contribution in [2.45, 2.75) is 52.5 Å². The molecule has 1 unspecified atom stereocenters. The lowest BCUT2D eigenvalue weighted by Gasteiger charge is -2.33. The molecule has 0 radical (unpaired) electrons. The van der Waals surface area contributed by atoms with Crippen molar-refractivity contribution in [1.82, 2.24) is 10.2 Å². The van der Waals surface area contributed by atoms with Crippen LogP contribution in [0.4, 0.5) is 0 Å². The van der Waals surface area contributed by atoms with E-state index < -0.39 is 0 Å². The molecule has 1 atom stereocenters. The molecule has 0 spiro atoms. The highest BCUT2D eigenvalue weighted by atomic mass is 15.2. The van der Waals surface area contributed by atoms with Gasteiger partial charge in [0.05, 0.1) is 0 Å². The summed E-state index contributed by atoms with van der Waals surface area (Å²) in [5.74, 6) is 1.52. The lowest BCUT2D eigenvalue weighted by molar-refractivity contribution is 0.175. The predicted molar refractivity (Wildman–Crippen MR) is 91.8 cm³/mol. The number of benzene rings is 1. The Hall–Kier alpha value is -0.860. The van der Waals surface area contributed by atoms with Gasteiger partial charge in [-0.15, -0.1) is 0 Å². The maximum atomic E-state index is 3.66. The fraction of sp³-hybridized carbons (Fsp3) is 0.684. The topological polar surface area (TPSA) is 15.3 Å². The molecule has 1 aromatic carbocycles. The molecule has 0 aliphatic carbocycles. The van der Waals surface area contributed by atoms with Crippen LogP contribution in [0.5, 0.6) is 0 Å². The van der Waals surface area contributed by atoms with Gasteiger partial charge in [-0.05, 0) is 55.4 Å². The van der Waals surface area contributed by atoms with Gasteiger partial charge in [0.15, 0.2) is 0 Å². The average Bonchev–Trinajstić information content (AvgIpc) is 2.49. The van der Waals surface area contributed by atoms with E-state index in [1.807, 2.05) is 0 Å². The summed E-state index contributed by atoms with van der Waals surface area (Å²) < 4.78 is 0. The van der Waals surface area contributed by atoms with Crippen LogP contribution < -0.4 is 5.32 Å². The van der Waals surface area contributed by atoms with Crippen molar-refractivity contribution in [2.24, 2.45) is 5.92 Å². The minimum Gasteiger partial charge on any atom is -0.309 e. The molecular formula is C19H32N2. The Kier molecular flexibility index (Phi) is 6.25. The molecule has 0 aromatic heterocycles. The average molecular weight is 288 g/mol. The molecule has 1 N–H and O–H groups in total. The Morgan fingerprint density at radius 2 is 1.67 bits per heavy atom. The number of nitrogens with one attached hydrogen (secondary N) is 1. The van der Waals surface area contributed by atoms with Crippen LogP contribution in [0.2, 0.25) is 0 Å². The number of piperidine rings is 1. The van der Waals surface area contributed by atoms with Crippen molar-refractivity contribution in [3.05, 3.63) is 35.4 Å². The molecule has 1 fully saturated rings. The largest absolute Gasteiger partial charge is 0.309 e. The van der Waals surface area contributed by atoms with Crippen molar-refractivity contribution in [2.75, 3.05) is 26.2 Å². The Morgan fingerprint density at radius 1 is 1.10 bits per heavy atom. The van der Waals surface area contributed by atoms with E-state index in [9.17, 15) is 0 Å². The van der Waals surface area contributed by atoms with Crippen LogP contribution in [-0.4, -0.2) is 31.1 Å². The molecule has 0 amide bonds. The molecule has 0 saturated carbocycles. The van der Waals surface area contributed by atoms with Crippen molar-refractivity contribution < 1.29 is 0 Å². The maximum absolute atomic E-state index is 3.66. The lowest BCUT2D eigenvalue weighted by Crippen LogP contribution is -2.39. The van der Waals surface area contributed by atoms with Gasteiger partial charge in [0.1, 0.15) is 0 Å². The van der Waals surface area contributed by atoms with E-state index in [0.717, 1.165) is 19.0 Å². The smallest absolute Gasteiger partial charge is 0.0449 e. The molecule has 1 heterocycles. The van der Waals surface area contributed by atoms with Crippen LogP contribution in [0, 0.1) is 5.92 Å². The maximum Gasteiger partial charge on any atom is 0.0449 e. The van der Waals surface area contributed by atoms with Gasteiger partial charge in [-0.25, -0.2) is 0 Å². The number of likely N-dealkylation sites (N-methyl/N-ethyl adjacent to an activating group) is 1. The molecule has 0 bridgehead atoms. The van der Waals surface area contributed by atoms with Crippen LogP contribution in [0.25, 0.3) is 0 Å². The third-order valence-electron chi connectivity index (χ3n) is 4.77. The molecule has 1 aromatic rings. The zero-order valence-electron chi connectivity index (χ0n) is 14.2. The van der Waals surface area contributed by atoms with Crippen molar-refractivity contribution in [3.63, 3.8) is 0 Å². The van der Waals surface area contributed by atoms with Crippen molar-refractivity contribution in [3.8, 4) is 0 Å². The lowest BCUT2D eigenvalue weighted by atomic mass is 9.96. The monoisotopic (exact) mass is 288 g/mol. The van der Waals surface area contributed by atoms with E-state index in [2.05, 4.69) is 62.2 Å². The zero-order valence-corrected chi connectivity index (χ0v) is 14.2. The molecule has 1 saturated heterocycles. The first kappa shape index (κ1) is 16.5. The zero-order chi connectivity index (χ0) is 15.2. The van der Waals surface area contributed by atoms with Gasteiger partial charge in [-0.2, -0.15) is 0 Å². The van der Waals surface area contributed by atoms with Gasteiger partial charge in [0, 0.05) is 12.6 Å². The van der Waals surface area contributed by atoms with Gasteiger partial charge in [-0.1, -0.05) is 52.0 Å². The first-order chi connectivity index (χ1) is 10.1. The standard InChI is InChI=1S/C19H32N2/c1-5-20-19(14-21-12-10-16(4)11-13-21)18-8-6-17(7-9-18)15(2)3/h6-9,15-16,19-20H,5,10-14H2,1-4H3. The normalized spacial score (nSPS) is 19.1. The third kappa shape index (κ3) is 4.82. The first-order valence-corrected chi connectivity index (χ1v) is 8.65. The minimum absolute atomic E-state index is 0.463. The molecule has 1 aliphatic heterocycles. The Bertz CT molecular complexity index is 402. The number of hydrogen-bond donors (Lipinski definition) is 1. The molecule has 21 heavy (non-hydrogen) atoms. The Labute approximate surface area is 130 Å². The van der Waals surface area contributed by atoms with Crippen molar-refractivity contribution >= 4 is 0 Å². The molecule has 118 valence electrons. The van der Waals surface area contributed by atoms with E-state index in [0.29, 0.717) is 12.0 Å². The van der Waals surface area contributed by atoms with Crippen LogP contribution in [-0.2, 0) is 0 Å². The number of rotatable bonds is 6. The fourth-order valence-electron chi connectivity index (χ4n) is 3.15. The summed E-state index contributed by atoms with van der Waals surface area (Å²) in [5, 5.41) is 3.66. The highest BCUT2D eigenvalue weighted by molar-refractivity contribution is 5.27. The highest BCUT2D eigenvalue weighted by Gasteiger charge is 2.20. The van der Waals surface area contributed by atoms with Gasteiger partial charge in [0.25, 0.3) is 0 Å². The number of hydrogen-bond acceptors (Lipinski definition) is 2. The SMILES string of the molecule is CCNC(CN1CCC(C)CC1)c1ccc(C(C)C)cc1. The molecule has 2 heteroatoms. The van der Waals surface area contributed by atoms with E-state index in [-0.39, 0.29) is 0 Å². The van der Waals surface area contributed by atoms with Crippen LogP contribution in [0.15, 0.2) is 24.3 Å². The minimum atomic E-state index is 0.463. The summed E-state index contributed by atoms with van der Waals surface area (Å²) in [6, 6.07) is 9.68. The van der Waals surface area contributed by atoms with Crippen molar-refractivity contribution in [1.29, 1.82) is 0 Å². The number of likely N-dealkylation sites (tertiary alicyclic amines) is 1. The van der Waals surface area contributed by atoms with E-state index >= 15 is 0 Å². The van der Waals surface area contributed by atoms with Gasteiger partial charge in [-0.3, -0.25) is 0 Å². The summed E-state index contributed by atoms with van der Waals surface area (Å²) in [5.41, 5.74) is 2.86. The van der Waals surface area contributed by atoms with Crippen LogP contribution in [0.1, 0.15) is 63.6 Å². The van der Waals surface area contributed by atoms with E-state index in [1.165, 1.54) is 37.1 Å². The second-order valence-electron chi connectivity index (χ2n) is 6.91. The van der Waals surface area contributed by atoms with E-state index in [1.54, 1.807) is 0 Å². The molecule has 1 aliphatic rings. The van der Waals surface area contributed by atoms with Gasteiger partial charge < -0.3 is 10.2 Å². The molecule has 2 nitrogen and oxygen atoms in total. The molecular weight excluding hydrogens is 256 g/mol. The molecule has 2 rings (SSSR count). The summed E-state index contributed by atoms with van der Waals surface area (Å²) in [6.07, 6.45) is 2.70. The number of nitrogens with zero attached hydrogens (tertiary/aromatic N) is 1. The Balaban J connectivity index is 2.00. The van der Waals surface area contributed by atoms with E-state index in [4.69, 9.17) is 0 Å². The highest BCUT2D eigenvalue weighted by Crippen LogP contribution is 2.22. The van der Waals surface area contributed by atoms with Gasteiger partial charge in [0.2, 0.25) is 0 Å². The summed E-state index contributed by atoms with van der Waals surface area (Å²) in [7, 11) is 0. The second kappa shape index (κ2) is 7.95. The first-order valence-electron chi connectivity index (χ1n) is 8.65. The van der Waals surface area contributed by atoms with Gasteiger partial charge >= 0.3 is 0 Å². The Morgan fingerprint density at radius 3 is 2.19 bits per heavy atom. The summed E-state index contributed by atoms with van der Waals surface area (Å²) in [4.78, 5) is 2.63. The summed E-state index contributed by atoms with van der Waals surface area (Å²) >= 11 is 0. The third-order valence-corrected chi connectivity index (χ3v) is 4.77. The predicted octanol–water partition coefficient (Wildman–Crippen LogP) is 4.19. The summed E-state index contributed by atoms with van der Waals surface area (Å²) in [6.45, 7) is 13.8.